The normalized spacial score (nSPS) is 20.4. The molecule has 17 heavy (non-hydrogen) atoms. The van der Waals surface area contributed by atoms with Crippen molar-refractivity contribution in [1.82, 2.24) is 0 Å². The number of rotatable bonds is 5. The molecule has 1 saturated heterocycles. The molecule has 1 heterocycles. The number of alkyl halides is 1. The standard InChI is InChI=1S/C14H21ClNO/c15-14(12-16(17)10-4-5-11-16)9-8-13-6-2-1-3-7-13/h1-3,6-7,14,17H,4-5,8-12H2/q+1. The van der Waals surface area contributed by atoms with E-state index in [0.717, 1.165) is 38.8 Å². The van der Waals surface area contributed by atoms with Gasteiger partial charge >= 0.3 is 0 Å². The van der Waals surface area contributed by atoms with Crippen LogP contribution in [0.3, 0.4) is 0 Å². The van der Waals surface area contributed by atoms with Gasteiger partial charge in [-0.1, -0.05) is 30.3 Å². The van der Waals surface area contributed by atoms with Crippen molar-refractivity contribution in [2.24, 2.45) is 0 Å². The minimum Gasteiger partial charge on any atom is -0.217 e. The van der Waals surface area contributed by atoms with E-state index in [1.165, 1.54) is 5.56 Å². The lowest BCUT2D eigenvalue weighted by Crippen LogP contribution is -2.45. The molecule has 1 aromatic rings. The zero-order valence-corrected chi connectivity index (χ0v) is 10.9. The molecule has 0 amide bonds. The average Bonchev–Trinajstić information content (AvgIpc) is 2.74. The first-order valence-electron chi connectivity index (χ1n) is 6.45. The highest BCUT2D eigenvalue weighted by Gasteiger charge is 2.32. The van der Waals surface area contributed by atoms with E-state index in [9.17, 15) is 5.21 Å². The number of quaternary nitrogens is 1. The summed E-state index contributed by atoms with van der Waals surface area (Å²) in [5.74, 6) is 0. The van der Waals surface area contributed by atoms with Gasteiger partial charge in [-0.3, -0.25) is 0 Å². The molecule has 0 spiro atoms. The lowest BCUT2D eigenvalue weighted by molar-refractivity contribution is -1.09. The lowest BCUT2D eigenvalue weighted by Gasteiger charge is -2.26. The molecule has 1 aromatic carbocycles. The van der Waals surface area contributed by atoms with Crippen LogP contribution in [0.4, 0.5) is 0 Å². The first-order chi connectivity index (χ1) is 8.18. The quantitative estimate of drug-likeness (QED) is 0.632. The molecule has 1 atom stereocenters. The van der Waals surface area contributed by atoms with E-state index in [-0.39, 0.29) is 10.0 Å². The van der Waals surface area contributed by atoms with Crippen LogP contribution in [-0.4, -0.2) is 34.9 Å². The molecule has 1 aliphatic heterocycles. The summed E-state index contributed by atoms with van der Waals surface area (Å²) in [5, 5.41) is 10.3. The van der Waals surface area contributed by atoms with Gasteiger partial charge in [-0.05, 0) is 18.4 Å². The fourth-order valence-electron chi connectivity index (χ4n) is 2.53. The number of halogens is 1. The third kappa shape index (κ3) is 3.98. The molecule has 0 aromatic heterocycles. The van der Waals surface area contributed by atoms with Gasteiger partial charge in [0, 0.05) is 12.8 Å². The van der Waals surface area contributed by atoms with Crippen LogP contribution < -0.4 is 0 Å². The van der Waals surface area contributed by atoms with Crippen molar-refractivity contribution in [3.63, 3.8) is 0 Å². The Morgan fingerprint density at radius 2 is 1.82 bits per heavy atom. The molecule has 1 unspecified atom stereocenters. The molecule has 1 N–H and O–H groups in total. The predicted molar refractivity (Wildman–Crippen MR) is 70.3 cm³/mol. The van der Waals surface area contributed by atoms with Crippen LogP contribution in [0.5, 0.6) is 0 Å². The summed E-state index contributed by atoms with van der Waals surface area (Å²) < 4.78 is 0.183. The summed E-state index contributed by atoms with van der Waals surface area (Å²) in [6.45, 7) is 2.43. The van der Waals surface area contributed by atoms with Crippen LogP contribution in [0.1, 0.15) is 24.8 Å². The van der Waals surface area contributed by atoms with Gasteiger partial charge in [0.2, 0.25) is 0 Å². The van der Waals surface area contributed by atoms with Crippen LogP contribution in [0.15, 0.2) is 30.3 Å². The Hall–Kier alpha value is -0.570. The second kappa shape index (κ2) is 5.85. The summed E-state index contributed by atoms with van der Waals surface area (Å²) in [6.07, 6.45) is 4.18. The van der Waals surface area contributed by atoms with Crippen molar-refractivity contribution >= 4 is 11.6 Å². The summed E-state index contributed by atoms with van der Waals surface area (Å²) in [5.41, 5.74) is 1.32. The Labute approximate surface area is 108 Å². The molecular formula is C14H21ClNO+. The number of hydrogen-bond donors (Lipinski definition) is 1. The number of aryl methyl sites for hydroxylation is 1. The Morgan fingerprint density at radius 3 is 2.47 bits per heavy atom. The van der Waals surface area contributed by atoms with Crippen molar-refractivity contribution in [1.29, 1.82) is 0 Å². The summed E-state index contributed by atoms with van der Waals surface area (Å²) in [6, 6.07) is 10.4. The highest BCUT2D eigenvalue weighted by atomic mass is 35.5. The Balaban J connectivity index is 1.76. The van der Waals surface area contributed by atoms with E-state index in [1.807, 2.05) is 6.07 Å². The van der Waals surface area contributed by atoms with Gasteiger partial charge in [-0.25, -0.2) is 5.21 Å². The largest absolute Gasteiger partial charge is 0.217 e. The van der Waals surface area contributed by atoms with Crippen molar-refractivity contribution in [2.75, 3.05) is 19.6 Å². The van der Waals surface area contributed by atoms with E-state index in [0.29, 0.717) is 6.54 Å². The number of hydroxylamine groups is 3. The van der Waals surface area contributed by atoms with Gasteiger partial charge in [-0.2, -0.15) is 4.65 Å². The molecule has 0 saturated carbocycles. The maximum atomic E-state index is 10.2. The molecule has 0 radical (unpaired) electrons. The minimum absolute atomic E-state index is 0.0679. The van der Waals surface area contributed by atoms with E-state index in [1.54, 1.807) is 0 Å². The SMILES string of the molecule is O[N+]1(CC(Cl)CCc2ccccc2)CCCC1. The molecule has 0 aliphatic carbocycles. The predicted octanol–water partition coefficient (Wildman–Crippen LogP) is 3.23. The maximum Gasteiger partial charge on any atom is 0.125 e. The van der Waals surface area contributed by atoms with Crippen molar-refractivity contribution in [2.45, 2.75) is 31.1 Å². The highest BCUT2D eigenvalue weighted by molar-refractivity contribution is 6.20. The fraction of sp³-hybridized carbons (Fsp3) is 0.571. The van der Waals surface area contributed by atoms with Gasteiger partial charge in [-0.15, -0.1) is 11.6 Å². The first kappa shape index (κ1) is 12.9. The molecule has 1 aliphatic rings. The zero-order chi connectivity index (χ0) is 12.1. The molecule has 3 heteroatoms. The number of nitrogens with zero attached hydrogens (tertiary/aromatic N) is 1. The van der Waals surface area contributed by atoms with Gasteiger partial charge < -0.3 is 0 Å². The van der Waals surface area contributed by atoms with Crippen LogP contribution >= 0.6 is 11.6 Å². The summed E-state index contributed by atoms with van der Waals surface area (Å²) in [7, 11) is 0. The fourth-order valence-corrected chi connectivity index (χ4v) is 2.90. The van der Waals surface area contributed by atoms with Crippen molar-refractivity contribution in [3.8, 4) is 0 Å². The topological polar surface area (TPSA) is 20.2 Å². The monoisotopic (exact) mass is 254 g/mol. The number of benzene rings is 1. The van der Waals surface area contributed by atoms with Crippen molar-refractivity contribution in [3.05, 3.63) is 35.9 Å². The number of likely N-dealkylation sites (tertiary alicyclic amines) is 1. The van der Waals surface area contributed by atoms with Crippen LogP contribution in [0.2, 0.25) is 0 Å². The average molecular weight is 255 g/mol. The third-order valence-corrected chi connectivity index (χ3v) is 3.88. The molecular weight excluding hydrogens is 234 g/mol. The zero-order valence-electron chi connectivity index (χ0n) is 10.2. The Bertz CT molecular complexity index is 335. The van der Waals surface area contributed by atoms with Crippen LogP contribution in [0.25, 0.3) is 0 Å². The summed E-state index contributed by atoms with van der Waals surface area (Å²) in [4.78, 5) is 0. The van der Waals surface area contributed by atoms with Gasteiger partial charge in [0.05, 0.1) is 5.38 Å². The Morgan fingerprint density at radius 1 is 1.18 bits per heavy atom. The van der Waals surface area contributed by atoms with Gasteiger partial charge in [0.1, 0.15) is 19.6 Å². The van der Waals surface area contributed by atoms with Crippen LogP contribution in [-0.2, 0) is 6.42 Å². The van der Waals surface area contributed by atoms with Gasteiger partial charge in [0.25, 0.3) is 0 Å². The molecule has 2 nitrogen and oxygen atoms in total. The van der Waals surface area contributed by atoms with E-state index >= 15 is 0 Å². The Kier molecular flexibility index (Phi) is 4.43. The highest BCUT2D eigenvalue weighted by Crippen LogP contribution is 2.20. The second-order valence-corrected chi connectivity index (χ2v) is 5.67. The molecule has 94 valence electrons. The van der Waals surface area contributed by atoms with Crippen molar-refractivity contribution < 1.29 is 9.85 Å². The maximum absolute atomic E-state index is 10.2. The van der Waals surface area contributed by atoms with E-state index in [2.05, 4.69) is 24.3 Å². The van der Waals surface area contributed by atoms with Crippen LogP contribution in [0, 0.1) is 0 Å². The minimum atomic E-state index is 0.0679. The molecule has 0 bridgehead atoms. The lowest BCUT2D eigenvalue weighted by atomic mass is 10.1. The molecule has 1 fully saturated rings. The van der Waals surface area contributed by atoms with Gasteiger partial charge in [0.15, 0.2) is 0 Å². The number of hydrogen-bond acceptors (Lipinski definition) is 1. The second-order valence-electron chi connectivity index (χ2n) is 5.05. The van der Waals surface area contributed by atoms with E-state index in [4.69, 9.17) is 11.6 Å². The first-order valence-corrected chi connectivity index (χ1v) is 6.88. The molecule has 2 rings (SSSR count). The van der Waals surface area contributed by atoms with E-state index < -0.39 is 0 Å². The third-order valence-electron chi connectivity index (χ3n) is 3.53. The summed E-state index contributed by atoms with van der Waals surface area (Å²) >= 11 is 6.32. The smallest absolute Gasteiger partial charge is 0.125 e.